The zero-order valence-corrected chi connectivity index (χ0v) is 13.1. The molecule has 0 fully saturated rings. The average Bonchev–Trinajstić information content (AvgIpc) is 3.12. The number of nitrogens with zero attached hydrogens (tertiary/aromatic N) is 2. The smallest absolute Gasteiger partial charge is 0.195 e. The van der Waals surface area contributed by atoms with Crippen LogP contribution in [-0.4, -0.2) is 23.6 Å². The van der Waals surface area contributed by atoms with E-state index in [1.54, 1.807) is 25.6 Å². The first-order valence-corrected chi connectivity index (χ1v) is 7.71. The lowest BCUT2D eigenvalue weighted by Gasteiger charge is -2.08. The van der Waals surface area contributed by atoms with Crippen molar-refractivity contribution < 1.29 is 9.47 Å². The molecule has 110 valence electrons. The van der Waals surface area contributed by atoms with Gasteiger partial charge < -0.3 is 9.47 Å². The molecule has 2 aromatic heterocycles. The summed E-state index contributed by atoms with van der Waals surface area (Å²) in [5.74, 6) is 1.58. The fourth-order valence-corrected chi connectivity index (χ4v) is 3.60. The van der Waals surface area contributed by atoms with Gasteiger partial charge in [0.15, 0.2) is 4.96 Å². The van der Waals surface area contributed by atoms with Crippen LogP contribution in [0.2, 0.25) is 0 Å². The third-order valence-corrected chi connectivity index (χ3v) is 4.72. The van der Waals surface area contributed by atoms with Crippen LogP contribution in [0.15, 0.2) is 48.7 Å². The van der Waals surface area contributed by atoms with E-state index in [0.717, 1.165) is 27.7 Å². The molecule has 4 rings (SSSR count). The zero-order valence-electron chi connectivity index (χ0n) is 12.2. The van der Waals surface area contributed by atoms with E-state index in [0.29, 0.717) is 0 Å². The Hall–Kier alpha value is -2.53. The number of methoxy groups -OCH3 is 2. The summed E-state index contributed by atoms with van der Waals surface area (Å²) in [6.07, 6.45) is 2.05. The van der Waals surface area contributed by atoms with Gasteiger partial charge in [0.2, 0.25) is 0 Å². The van der Waals surface area contributed by atoms with Crippen molar-refractivity contribution in [2.45, 2.75) is 0 Å². The number of fused-ring (bicyclic) bond motifs is 3. The summed E-state index contributed by atoms with van der Waals surface area (Å²) in [6, 6.07) is 14.0. The van der Waals surface area contributed by atoms with E-state index in [1.807, 2.05) is 36.5 Å². The van der Waals surface area contributed by atoms with Gasteiger partial charge in [-0.15, -0.1) is 0 Å². The molecule has 0 aliphatic heterocycles. The number of ether oxygens (including phenoxy) is 2. The number of rotatable bonds is 3. The third-order valence-electron chi connectivity index (χ3n) is 3.68. The van der Waals surface area contributed by atoms with Crippen LogP contribution in [-0.2, 0) is 0 Å². The van der Waals surface area contributed by atoms with Crippen molar-refractivity contribution in [1.82, 2.24) is 9.38 Å². The summed E-state index contributed by atoms with van der Waals surface area (Å²) in [5, 5.41) is 0. The number of hydrogen-bond donors (Lipinski definition) is 0. The van der Waals surface area contributed by atoms with Crippen LogP contribution >= 0.6 is 11.3 Å². The molecule has 4 aromatic rings. The van der Waals surface area contributed by atoms with Crippen LogP contribution in [0, 0.1) is 0 Å². The van der Waals surface area contributed by atoms with Crippen molar-refractivity contribution in [2.75, 3.05) is 14.2 Å². The highest BCUT2D eigenvalue weighted by Crippen LogP contribution is 2.35. The second kappa shape index (κ2) is 5.03. The Morgan fingerprint density at radius 1 is 1.05 bits per heavy atom. The lowest BCUT2D eigenvalue weighted by molar-refractivity contribution is 0.404. The highest BCUT2D eigenvalue weighted by atomic mass is 32.1. The van der Waals surface area contributed by atoms with E-state index < -0.39 is 0 Å². The Balaban J connectivity index is 1.94. The van der Waals surface area contributed by atoms with Gasteiger partial charge in [-0.05, 0) is 30.3 Å². The van der Waals surface area contributed by atoms with Gasteiger partial charge in [0.1, 0.15) is 11.5 Å². The SMILES string of the molecule is COc1ccc(OC)c(-c2cn3c(n2)sc2ccccc23)c1. The molecule has 0 atom stereocenters. The normalized spacial score (nSPS) is 11.2. The molecule has 0 aliphatic carbocycles. The molecule has 0 aliphatic rings. The van der Waals surface area contributed by atoms with Gasteiger partial charge in [0, 0.05) is 11.8 Å². The van der Waals surface area contributed by atoms with E-state index in [2.05, 4.69) is 16.5 Å². The molecular weight excluding hydrogens is 296 g/mol. The summed E-state index contributed by atoms with van der Waals surface area (Å²) in [5.41, 5.74) is 2.98. The van der Waals surface area contributed by atoms with Crippen molar-refractivity contribution in [2.24, 2.45) is 0 Å². The number of thiazole rings is 1. The quantitative estimate of drug-likeness (QED) is 0.568. The minimum absolute atomic E-state index is 0.788. The maximum Gasteiger partial charge on any atom is 0.195 e. The zero-order chi connectivity index (χ0) is 15.1. The Kier molecular flexibility index (Phi) is 3.01. The van der Waals surface area contributed by atoms with Crippen LogP contribution in [0.25, 0.3) is 26.4 Å². The average molecular weight is 310 g/mol. The van der Waals surface area contributed by atoms with Crippen LogP contribution in [0.3, 0.4) is 0 Å². The van der Waals surface area contributed by atoms with Crippen LogP contribution in [0.4, 0.5) is 0 Å². The van der Waals surface area contributed by atoms with Crippen molar-refractivity contribution in [3.63, 3.8) is 0 Å². The Bertz CT molecular complexity index is 971. The van der Waals surface area contributed by atoms with Crippen LogP contribution < -0.4 is 9.47 Å². The van der Waals surface area contributed by atoms with Crippen LogP contribution in [0.1, 0.15) is 0 Å². The largest absolute Gasteiger partial charge is 0.497 e. The molecule has 0 radical (unpaired) electrons. The van der Waals surface area contributed by atoms with Gasteiger partial charge in [-0.3, -0.25) is 4.40 Å². The number of aromatic nitrogens is 2. The second-order valence-corrected chi connectivity index (χ2v) is 5.92. The Labute approximate surface area is 131 Å². The second-order valence-electron chi connectivity index (χ2n) is 4.91. The molecular formula is C17H14N2O2S. The van der Waals surface area contributed by atoms with Crippen molar-refractivity contribution in [3.05, 3.63) is 48.7 Å². The summed E-state index contributed by atoms with van der Waals surface area (Å²) >= 11 is 1.68. The molecule has 0 unspecified atom stereocenters. The van der Waals surface area contributed by atoms with E-state index in [-0.39, 0.29) is 0 Å². The molecule has 0 saturated heterocycles. The topological polar surface area (TPSA) is 35.8 Å². The fourth-order valence-electron chi connectivity index (χ4n) is 2.59. The first-order valence-electron chi connectivity index (χ1n) is 6.89. The maximum absolute atomic E-state index is 5.46. The van der Waals surface area contributed by atoms with Gasteiger partial charge >= 0.3 is 0 Å². The molecule has 0 N–H and O–H groups in total. The predicted molar refractivity (Wildman–Crippen MR) is 89.1 cm³/mol. The van der Waals surface area contributed by atoms with Gasteiger partial charge in [-0.2, -0.15) is 0 Å². The molecule has 2 heterocycles. The van der Waals surface area contributed by atoms with Crippen molar-refractivity contribution in [3.8, 4) is 22.8 Å². The van der Waals surface area contributed by atoms with Crippen molar-refractivity contribution >= 4 is 26.5 Å². The van der Waals surface area contributed by atoms with Crippen molar-refractivity contribution in [1.29, 1.82) is 0 Å². The number of benzene rings is 2. The standard InChI is InChI=1S/C17H14N2O2S/c1-20-11-7-8-15(21-2)12(9-11)13-10-19-14-5-3-4-6-16(14)22-17(19)18-13/h3-10H,1-2H3. The van der Waals surface area contributed by atoms with E-state index in [4.69, 9.17) is 14.5 Å². The molecule has 5 heteroatoms. The minimum atomic E-state index is 0.788. The van der Waals surface area contributed by atoms with E-state index in [9.17, 15) is 0 Å². The highest BCUT2D eigenvalue weighted by molar-refractivity contribution is 7.23. The molecule has 0 amide bonds. The van der Waals surface area contributed by atoms with Gasteiger partial charge in [-0.25, -0.2) is 4.98 Å². The van der Waals surface area contributed by atoms with E-state index in [1.165, 1.54) is 10.2 Å². The molecule has 4 nitrogen and oxygen atoms in total. The molecule has 0 bridgehead atoms. The predicted octanol–water partition coefficient (Wildman–Crippen LogP) is 4.23. The monoisotopic (exact) mass is 310 g/mol. The summed E-state index contributed by atoms with van der Waals surface area (Å²) < 4.78 is 14.1. The van der Waals surface area contributed by atoms with E-state index >= 15 is 0 Å². The Morgan fingerprint density at radius 3 is 2.73 bits per heavy atom. The number of imidazole rings is 1. The highest BCUT2D eigenvalue weighted by Gasteiger charge is 2.14. The molecule has 2 aromatic carbocycles. The molecule has 22 heavy (non-hydrogen) atoms. The minimum Gasteiger partial charge on any atom is -0.497 e. The lowest BCUT2D eigenvalue weighted by Crippen LogP contribution is -1.90. The van der Waals surface area contributed by atoms with Gasteiger partial charge in [0.25, 0.3) is 0 Å². The molecule has 0 spiro atoms. The molecule has 0 saturated carbocycles. The van der Waals surface area contributed by atoms with Gasteiger partial charge in [0.05, 0.1) is 30.1 Å². The third kappa shape index (κ3) is 1.94. The first-order chi connectivity index (χ1) is 10.8. The maximum atomic E-state index is 5.46. The van der Waals surface area contributed by atoms with Gasteiger partial charge in [-0.1, -0.05) is 23.5 Å². The first kappa shape index (κ1) is 13.2. The Morgan fingerprint density at radius 2 is 1.91 bits per heavy atom. The lowest BCUT2D eigenvalue weighted by atomic mass is 10.1. The summed E-state index contributed by atoms with van der Waals surface area (Å²) in [7, 11) is 3.32. The summed E-state index contributed by atoms with van der Waals surface area (Å²) in [4.78, 5) is 5.72. The van der Waals surface area contributed by atoms with Crippen LogP contribution in [0.5, 0.6) is 11.5 Å². The number of hydrogen-bond acceptors (Lipinski definition) is 4. The summed E-state index contributed by atoms with van der Waals surface area (Å²) in [6.45, 7) is 0. The number of para-hydroxylation sites is 1. The fraction of sp³-hybridized carbons (Fsp3) is 0.118.